The Bertz CT molecular complexity index is 696. The topological polar surface area (TPSA) is 77.9 Å². The van der Waals surface area contributed by atoms with Crippen molar-refractivity contribution in [2.75, 3.05) is 19.6 Å². The molecule has 0 amide bonds. The molecule has 3 rings (SSSR count). The van der Waals surface area contributed by atoms with E-state index in [2.05, 4.69) is 4.90 Å². The second-order valence-electron chi connectivity index (χ2n) is 6.70. The van der Waals surface area contributed by atoms with Crippen molar-refractivity contribution in [3.05, 3.63) is 29.8 Å². The Balaban J connectivity index is 1.83. The van der Waals surface area contributed by atoms with Crippen LogP contribution in [0.5, 0.6) is 0 Å². The number of aliphatic carboxylic acids is 1. The molecular weight excluding hydrogens is 328 g/mol. The predicted octanol–water partition coefficient (Wildman–Crippen LogP) is 1.70. The van der Waals surface area contributed by atoms with Crippen molar-refractivity contribution < 1.29 is 18.3 Å². The highest BCUT2D eigenvalue weighted by Crippen LogP contribution is 2.29. The minimum Gasteiger partial charge on any atom is -0.480 e. The molecule has 0 aliphatic carbocycles. The van der Waals surface area contributed by atoms with Crippen LogP contribution < -0.4 is 0 Å². The zero-order valence-corrected chi connectivity index (χ0v) is 14.7. The molecule has 2 atom stereocenters. The number of rotatable bonds is 4. The van der Waals surface area contributed by atoms with Crippen LogP contribution in [0.15, 0.2) is 29.2 Å². The molecule has 0 bridgehead atoms. The number of carboxylic acid groups (broad SMARTS) is 1. The molecule has 0 aromatic heterocycles. The summed E-state index contributed by atoms with van der Waals surface area (Å²) in [6.45, 7) is 4.12. The molecule has 2 aliphatic rings. The van der Waals surface area contributed by atoms with Crippen molar-refractivity contribution in [2.24, 2.45) is 0 Å². The normalized spacial score (nSPS) is 26.5. The number of piperidine rings is 1. The average Bonchev–Trinajstić information content (AvgIpc) is 3.09. The number of carboxylic acids is 1. The summed E-state index contributed by atoms with van der Waals surface area (Å²) >= 11 is 0. The summed E-state index contributed by atoms with van der Waals surface area (Å²) in [5.41, 5.74) is 0.969. The Morgan fingerprint density at radius 2 is 1.75 bits per heavy atom. The van der Waals surface area contributed by atoms with Gasteiger partial charge in [-0.25, -0.2) is 8.42 Å². The van der Waals surface area contributed by atoms with Gasteiger partial charge in [0.1, 0.15) is 6.04 Å². The molecule has 1 aromatic carbocycles. The first kappa shape index (κ1) is 17.4. The molecule has 1 aromatic rings. The van der Waals surface area contributed by atoms with Crippen LogP contribution in [0.4, 0.5) is 0 Å². The van der Waals surface area contributed by atoms with E-state index >= 15 is 0 Å². The molecule has 132 valence electrons. The van der Waals surface area contributed by atoms with Crippen molar-refractivity contribution in [3.63, 3.8) is 0 Å². The Labute approximate surface area is 143 Å². The first-order valence-electron chi connectivity index (χ1n) is 8.45. The van der Waals surface area contributed by atoms with E-state index in [4.69, 9.17) is 0 Å². The van der Waals surface area contributed by atoms with E-state index in [-0.39, 0.29) is 17.5 Å². The molecular formula is C17H24N2O4S. The Kier molecular flexibility index (Phi) is 4.94. The predicted molar refractivity (Wildman–Crippen MR) is 90.3 cm³/mol. The number of aryl methyl sites for hydroxylation is 1. The number of hydrogen-bond acceptors (Lipinski definition) is 4. The molecule has 0 unspecified atom stereocenters. The van der Waals surface area contributed by atoms with E-state index in [1.807, 2.05) is 6.92 Å². The van der Waals surface area contributed by atoms with Crippen LogP contribution in [0.3, 0.4) is 0 Å². The molecule has 0 radical (unpaired) electrons. The van der Waals surface area contributed by atoms with Crippen molar-refractivity contribution in [3.8, 4) is 0 Å². The highest BCUT2D eigenvalue weighted by Gasteiger charge is 2.42. The van der Waals surface area contributed by atoms with E-state index in [1.54, 1.807) is 24.3 Å². The van der Waals surface area contributed by atoms with Crippen LogP contribution in [0, 0.1) is 6.92 Å². The summed E-state index contributed by atoms with van der Waals surface area (Å²) in [6.07, 6.45) is 3.33. The fourth-order valence-corrected chi connectivity index (χ4v) is 5.33. The third kappa shape index (κ3) is 3.34. The summed E-state index contributed by atoms with van der Waals surface area (Å²) in [4.78, 5) is 14.2. The second-order valence-corrected chi connectivity index (χ2v) is 8.59. The van der Waals surface area contributed by atoms with Crippen molar-refractivity contribution >= 4 is 16.0 Å². The first-order chi connectivity index (χ1) is 11.4. The first-order valence-corrected chi connectivity index (χ1v) is 9.89. The van der Waals surface area contributed by atoms with Gasteiger partial charge < -0.3 is 10.0 Å². The zero-order valence-electron chi connectivity index (χ0n) is 13.9. The molecule has 2 aliphatic heterocycles. The maximum absolute atomic E-state index is 12.9. The van der Waals surface area contributed by atoms with Gasteiger partial charge in [-0.3, -0.25) is 4.79 Å². The van der Waals surface area contributed by atoms with Gasteiger partial charge in [-0.05, 0) is 57.8 Å². The third-order valence-electron chi connectivity index (χ3n) is 5.10. The summed E-state index contributed by atoms with van der Waals surface area (Å²) < 4.78 is 27.0. The van der Waals surface area contributed by atoms with Crippen LogP contribution in [0.1, 0.15) is 31.2 Å². The van der Waals surface area contributed by atoms with Crippen LogP contribution >= 0.6 is 0 Å². The van der Waals surface area contributed by atoms with Crippen molar-refractivity contribution in [2.45, 2.75) is 49.6 Å². The number of sulfonamides is 1. The number of likely N-dealkylation sites (tertiary alicyclic amines) is 1. The largest absolute Gasteiger partial charge is 0.480 e. The minimum absolute atomic E-state index is 0.165. The van der Waals surface area contributed by atoms with Crippen molar-refractivity contribution in [1.29, 1.82) is 0 Å². The van der Waals surface area contributed by atoms with Crippen molar-refractivity contribution in [1.82, 2.24) is 9.21 Å². The van der Waals surface area contributed by atoms with Gasteiger partial charge in [-0.1, -0.05) is 17.7 Å². The van der Waals surface area contributed by atoms with Gasteiger partial charge in [-0.2, -0.15) is 4.31 Å². The van der Waals surface area contributed by atoms with Gasteiger partial charge in [0.15, 0.2) is 0 Å². The van der Waals surface area contributed by atoms with E-state index in [0.29, 0.717) is 12.8 Å². The molecule has 2 heterocycles. The monoisotopic (exact) mass is 352 g/mol. The summed E-state index contributed by atoms with van der Waals surface area (Å²) in [7, 11) is -3.79. The Morgan fingerprint density at radius 1 is 1.12 bits per heavy atom. The number of benzene rings is 1. The van der Waals surface area contributed by atoms with Crippen LogP contribution in [0.25, 0.3) is 0 Å². The second kappa shape index (κ2) is 6.82. The highest BCUT2D eigenvalue weighted by molar-refractivity contribution is 7.89. The fourth-order valence-electron chi connectivity index (χ4n) is 3.72. The number of carbonyl (C=O) groups is 1. The van der Waals surface area contributed by atoms with Crippen LogP contribution in [0.2, 0.25) is 0 Å². The molecule has 2 saturated heterocycles. The zero-order chi connectivity index (χ0) is 17.3. The molecule has 2 fully saturated rings. The molecule has 24 heavy (non-hydrogen) atoms. The van der Waals surface area contributed by atoms with Gasteiger partial charge in [0.05, 0.1) is 4.90 Å². The molecule has 0 spiro atoms. The van der Waals surface area contributed by atoms with E-state index in [1.165, 1.54) is 4.31 Å². The number of nitrogens with zero attached hydrogens (tertiary/aromatic N) is 2. The maximum Gasteiger partial charge on any atom is 0.322 e. The summed E-state index contributed by atoms with van der Waals surface area (Å²) in [5, 5.41) is 9.60. The van der Waals surface area contributed by atoms with Crippen LogP contribution in [-0.4, -0.2) is 60.4 Å². The van der Waals surface area contributed by atoms with E-state index < -0.39 is 22.0 Å². The summed E-state index contributed by atoms with van der Waals surface area (Å²) in [5.74, 6) is -1.06. The lowest BCUT2D eigenvalue weighted by atomic mass is 9.98. The highest BCUT2D eigenvalue weighted by atomic mass is 32.2. The van der Waals surface area contributed by atoms with Gasteiger partial charge >= 0.3 is 5.97 Å². The molecule has 7 heteroatoms. The Morgan fingerprint density at radius 3 is 2.33 bits per heavy atom. The van der Waals surface area contributed by atoms with Crippen LogP contribution in [-0.2, 0) is 14.8 Å². The molecule has 0 saturated carbocycles. The lowest BCUT2D eigenvalue weighted by Gasteiger charge is -2.39. The lowest BCUT2D eigenvalue weighted by Crippen LogP contribution is -2.54. The third-order valence-corrected chi connectivity index (χ3v) is 7.02. The molecule has 1 N–H and O–H groups in total. The van der Waals surface area contributed by atoms with Gasteiger partial charge in [0.25, 0.3) is 0 Å². The van der Waals surface area contributed by atoms with E-state index in [0.717, 1.165) is 31.5 Å². The Hall–Kier alpha value is -1.44. The quantitative estimate of drug-likeness (QED) is 0.892. The SMILES string of the molecule is Cc1ccc(S(=O)(=O)N2CC[C@@H](N3CCCC3)C[C@@H]2C(=O)O)cc1. The minimum atomic E-state index is -3.79. The average molecular weight is 352 g/mol. The lowest BCUT2D eigenvalue weighted by molar-refractivity contribution is -0.143. The summed E-state index contributed by atoms with van der Waals surface area (Å²) in [6, 6.07) is 5.75. The standard InChI is InChI=1S/C17H24N2O4S/c1-13-4-6-15(7-5-13)24(22,23)19-11-8-14(12-16(19)17(20)21)18-9-2-3-10-18/h4-7,14,16H,2-3,8-12H2,1H3,(H,20,21)/t14-,16-/m1/s1. The van der Waals surface area contributed by atoms with E-state index in [9.17, 15) is 18.3 Å². The fraction of sp³-hybridized carbons (Fsp3) is 0.588. The molecule has 6 nitrogen and oxygen atoms in total. The van der Waals surface area contributed by atoms with Gasteiger partial charge in [0.2, 0.25) is 10.0 Å². The smallest absolute Gasteiger partial charge is 0.322 e. The maximum atomic E-state index is 12.9. The number of hydrogen-bond donors (Lipinski definition) is 1. The van der Waals surface area contributed by atoms with Gasteiger partial charge in [-0.15, -0.1) is 0 Å². The van der Waals surface area contributed by atoms with Gasteiger partial charge in [0, 0.05) is 12.6 Å².